The summed E-state index contributed by atoms with van der Waals surface area (Å²) in [5.41, 5.74) is 0.790. The maximum Gasteiger partial charge on any atom is 0.241 e. The van der Waals surface area contributed by atoms with Gasteiger partial charge in [-0.15, -0.1) is 12.4 Å². The lowest BCUT2D eigenvalue weighted by atomic mass is 10.2. The van der Waals surface area contributed by atoms with Crippen LogP contribution in [0.2, 0.25) is 5.02 Å². The number of rotatable bonds is 2. The molecule has 88 valence electrons. The highest BCUT2D eigenvalue weighted by molar-refractivity contribution is 6.30. The highest BCUT2D eigenvalue weighted by Crippen LogP contribution is 2.14. The topological polar surface area (TPSA) is 41.1 Å². The molecule has 1 heterocycles. The zero-order valence-corrected chi connectivity index (χ0v) is 10.3. The maximum atomic E-state index is 11.7. The summed E-state index contributed by atoms with van der Waals surface area (Å²) in [5.74, 6) is 0.0369. The molecule has 3 nitrogen and oxygen atoms in total. The Balaban J connectivity index is 0.00000128. The predicted molar refractivity (Wildman–Crippen MR) is 68.4 cm³/mol. The van der Waals surface area contributed by atoms with Crippen molar-refractivity contribution in [2.24, 2.45) is 0 Å². The third-order valence-electron chi connectivity index (χ3n) is 2.49. The molecule has 0 unspecified atom stereocenters. The van der Waals surface area contributed by atoms with Crippen molar-refractivity contribution in [3.05, 3.63) is 29.3 Å². The zero-order chi connectivity index (χ0) is 10.7. The molecule has 0 aliphatic carbocycles. The molecule has 5 heteroatoms. The van der Waals surface area contributed by atoms with Crippen molar-refractivity contribution < 1.29 is 4.79 Å². The van der Waals surface area contributed by atoms with E-state index in [-0.39, 0.29) is 24.4 Å². The van der Waals surface area contributed by atoms with Gasteiger partial charge in [0.1, 0.15) is 0 Å². The minimum Gasteiger partial charge on any atom is -0.325 e. The molecule has 16 heavy (non-hydrogen) atoms. The zero-order valence-electron chi connectivity index (χ0n) is 8.70. The summed E-state index contributed by atoms with van der Waals surface area (Å²) in [5, 5.41) is 6.67. The summed E-state index contributed by atoms with van der Waals surface area (Å²) < 4.78 is 0. The Kier molecular flexibility index (Phi) is 5.06. The number of carbonyl (C=O) groups is 1. The maximum absolute atomic E-state index is 11.7. The van der Waals surface area contributed by atoms with Gasteiger partial charge in [-0.3, -0.25) is 4.79 Å². The van der Waals surface area contributed by atoms with Crippen molar-refractivity contribution in [1.29, 1.82) is 0 Å². The first-order chi connectivity index (χ1) is 7.25. The summed E-state index contributed by atoms with van der Waals surface area (Å²) in [6, 6.07) is 7.09. The molecule has 1 aromatic rings. The van der Waals surface area contributed by atoms with Gasteiger partial charge in [0.25, 0.3) is 0 Å². The average Bonchev–Trinajstić information content (AvgIpc) is 2.74. The summed E-state index contributed by atoms with van der Waals surface area (Å²) in [7, 11) is 0. The van der Waals surface area contributed by atoms with Crippen molar-refractivity contribution in [3.63, 3.8) is 0 Å². The summed E-state index contributed by atoms with van der Waals surface area (Å²) in [4.78, 5) is 11.7. The van der Waals surface area contributed by atoms with Gasteiger partial charge in [-0.2, -0.15) is 0 Å². The molecule has 2 N–H and O–H groups in total. The highest BCUT2D eigenvalue weighted by atomic mass is 35.5. The molecule has 1 aliphatic rings. The van der Waals surface area contributed by atoms with E-state index in [0.717, 1.165) is 25.1 Å². The molecule has 0 radical (unpaired) electrons. The highest BCUT2D eigenvalue weighted by Gasteiger charge is 2.21. The molecule has 1 aliphatic heterocycles. The van der Waals surface area contributed by atoms with Crippen LogP contribution < -0.4 is 10.6 Å². The minimum absolute atomic E-state index is 0. The Morgan fingerprint density at radius 1 is 1.38 bits per heavy atom. The quantitative estimate of drug-likeness (QED) is 0.858. The first kappa shape index (κ1) is 13.3. The number of benzene rings is 1. The van der Waals surface area contributed by atoms with Crippen molar-refractivity contribution in [2.75, 3.05) is 11.9 Å². The smallest absolute Gasteiger partial charge is 0.241 e. The summed E-state index contributed by atoms with van der Waals surface area (Å²) in [6.07, 6.45) is 1.98. The van der Waals surface area contributed by atoms with Crippen LogP contribution >= 0.6 is 24.0 Å². The molecule has 1 atom stereocenters. The molecule has 1 amide bonds. The van der Waals surface area contributed by atoms with E-state index in [1.807, 2.05) is 0 Å². The van der Waals surface area contributed by atoms with Gasteiger partial charge in [0, 0.05) is 10.7 Å². The van der Waals surface area contributed by atoms with E-state index < -0.39 is 0 Å². The monoisotopic (exact) mass is 260 g/mol. The molecule has 1 saturated heterocycles. The second-order valence-electron chi connectivity index (χ2n) is 3.65. The second kappa shape index (κ2) is 6.09. The van der Waals surface area contributed by atoms with E-state index in [4.69, 9.17) is 11.6 Å². The molecular formula is C11H14Cl2N2O. The van der Waals surface area contributed by atoms with Gasteiger partial charge in [0.2, 0.25) is 5.91 Å². The van der Waals surface area contributed by atoms with E-state index in [1.54, 1.807) is 24.3 Å². The Hall–Kier alpha value is -0.770. The van der Waals surface area contributed by atoms with E-state index in [9.17, 15) is 4.79 Å². The fraction of sp³-hybridized carbons (Fsp3) is 0.364. The second-order valence-corrected chi connectivity index (χ2v) is 4.08. The van der Waals surface area contributed by atoms with Crippen LogP contribution in [0.4, 0.5) is 5.69 Å². The number of anilines is 1. The van der Waals surface area contributed by atoms with Crippen LogP contribution in [-0.4, -0.2) is 18.5 Å². The molecule has 2 rings (SSSR count). The van der Waals surface area contributed by atoms with Gasteiger partial charge in [-0.05, 0) is 43.7 Å². The van der Waals surface area contributed by atoms with E-state index in [0.29, 0.717) is 5.02 Å². The average molecular weight is 261 g/mol. The predicted octanol–water partition coefficient (Wildman–Crippen LogP) is 2.45. The van der Waals surface area contributed by atoms with Crippen LogP contribution in [0, 0.1) is 0 Å². The van der Waals surface area contributed by atoms with Gasteiger partial charge < -0.3 is 10.6 Å². The molecule has 1 fully saturated rings. The molecular weight excluding hydrogens is 247 g/mol. The lowest BCUT2D eigenvalue weighted by Crippen LogP contribution is -2.35. The lowest BCUT2D eigenvalue weighted by Gasteiger charge is -2.10. The number of hydrogen-bond acceptors (Lipinski definition) is 2. The fourth-order valence-electron chi connectivity index (χ4n) is 1.67. The Labute approximate surface area is 106 Å². The Morgan fingerprint density at radius 3 is 2.62 bits per heavy atom. The minimum atomic E-state index is -0.0410. The Morgan fingerprint density at radius 2 is 2.06 bits per heavy atom. The first-order valence-electron chi connectivity index (χ1n) is 5.05. The number of halogens is 2. The van der Waals surface area contributed by atoms with Gasteiger partial charge in [0.05, 0.1) is 6.04 Å². The van der Waals surface area contributed by atoms with Crippen LogP contribution in [0.5, 0.6) is 0 Å². The van der Waals surface area contributed by atoms with E-state index in [2.05, 4.69) is 10.6 Å². The standard InChI is InChI=1S/C11H13ClN2O.ClH/c12-8-3-5-9(6-4-8)14-11(15)10-2-1-7-13-10;/h3-6,10,13H,1-2,7H2,(H,14,15);1H/t10-;/m1./s1. The van der Waals surface area contributed by atoms with Gasteiger partial charge >= 0.3 is 0 Å². The van der Waals surface area contributed by atoms with Crippen molar-refractivity contribution in [2.45, 2.75) is 18.9 Å². The van der Waals surface area contributed by atoms with Crippen LogP contribution in [0.25, 0.3) is 0 Å². The summed E-state index contributed by atoms with van der Waals surface area (Å²) in [6.45, 7) is 0.929. The van der Waals surface area contributed by atoms with Crippen molar-refractivity contribution >= 4 is 35.6 Å². The van der Waals surface area contributed by atoms with Crippen LogP contribution in [0.3, 0.4) is 0 Å². The first-order valence-corrected chi connectivity index (χ1v) is 5.43. The van der Waals surface area contributed by atoms with Crippen LogP contribution in [0.15, 0.2) is 24.3 Å². The molecule has 0 spiro atoms. The van der Waals surface area contributed by atoms with Gasteiger partial charge in [-0.25, -0.2) is 0 Å². The molecule has 0 saturated carbocycles. The van der Waals surface area contributed by atoms with Gasteiger partial charge in [-0.1, -0.05) is 11.6 Å². The third kappa shape index (κ3) is 3.37. The van der Waals surface area contributed by atoms with Crippen LogP contribution in [-0.2, 0) is 4.79 Å². The SMILES string of the molecule is Cl.O=C(Nc1ccc(Cl)cc1)[C@H]1CCCN1. The molecule has 1 aromatic carbocycles. The number of nitrogens with one attached hydrogen (secondary N) is 2. The number of carbonyl (C=O) groups excluding carboxylic acids is 1. The lowest BCUT2D eigenvalue weighted by molar-refractivity contribution is -0.117. The van der Waals surface area contributed by atoms with Crippen molar-refractivity contribution in [3.8, 4) is 0 Å². The Bertz CT molecular complexity index is 348. The largest absolute Gasteiger partial charge is 0.325 e. The van der Waals surface area contributed by atoms with Gasteiger partial charge in [0.15, 0.2) is 0 Å². The third-order valence-corrected chi connectivity index (χ3v) is 2.74. The summed E-state index contributed by atoms with van der Waals surface area (Å²) >= 11 is 5.75. The molecule has 0 bridgehead atoms. The molecule has 0 aromatic heterocycles. The van der Waals surface area contributed by atoms with E-state index in [1.165, 1.54) is 0 Å². The van der Waals surface area contributed by atoms with E-state index >= 15 is 0 Å². The number of hydrogen-bond donors (Lipinski definition) is 2. The van der Waals surface area contributed by atoms with Crippen molar-refractivity contribution in [1.82, 2.24) is 5.32 Å². The number of amides is 1. The van der Waals surface area contributed by atoms with Crippen LogP contribution in [0.1, 0.15) is 12.8 Å². The normalized spacial score (nSPS) is 18.9. The fourth-order valence-corrected chi connectivity index (χ4v) is 1.80.